The first-order chi connectivity index (χ1) is 9.61. The molecule has 0 aliphatic carbocycles. The highest BCUT2D eigenvalue weighted by Crippen LogP contribution is 2.24. The molecule has 2 aromatic rings. The average Bonchev–Trinajstić information content (AvgIpc) is 2.81. The first-order valence-electron chi connectivity index (χ1n) is 6.53. The Morgan fingerprint density at radius 1 is 1.40 bits per heavy atom. The fraction of sp³-hybridized carbons (Fsp3) is 0.357. The minimum Gasteiger partial charge on any atom is -0.370 e. The van der Waals surface area contributed by atoms with Crippen LogP contribution in [0.5, 0.6) is 0 Å². The number of thioether (sulfide) groups is 1. The smallest absolute Gasteiger partial charge is 0.218 e. The Balaban J connectivity index is 2.23. The molecule has 0 spiro atoms. The van der Waals surface area contributed by atoms with Gasteiger partial charge in [-0.2, -0.15) is 0 Å². The van der Waals surface area contributed by atoms with Crippen LogP contribution in [0.15, 0.2) is 29.4 Å². The Hall–Kier alpha value is -1.82. The van der Waals surface area contributed by atoms with Crippen LogP contribution in [-0.4, -0.2) is 26.4 Å². The summed E-state index contributed by atoms with van der Waals surface area (Å²) >= 11 is 1.51. The van der Waals surface area contributed by atoms with Crippen LogP contribution in [0.3, 0.4) is 0 Å². The van der Waals surface area contributed by atoms with Crippen molar-refractivity contribution in [1.82, 2.24) is 14.8 Å². The number of hydrogen-bond donors (Lipinski definition) is 1. The van der Waals surface area contributed by atoms with E-state index in [1.807, 2.05) is 12.1 Å². The number of amides is 1. The summed E-state index contributed by atoms with van der Waals surface area (Å²) < 4.78 is 2.06. The van der Waals surface area contributed by atoms with Crippen molar-refractivity contribution in [3.63, 3.8) is 0 Å². The summed E-state index contributed by atoms with van der Waals surface area (Å²) in [5.41, 5.74) is 7.39. The Kier molecular flexibility index (Phi) is 4.79. The number of hydrogen-bond acceptors (Lipinski definition) is 4. The van der Waals surface area contributed by atoms with E-state index >= 15 is 0 Å². The highest BCUT2D eigenvalue weighted by atomic mass is 32.2. The lowest BCUT2D eigenvalue weighted by molar-refractivity contribution is -0.117. The fourth-order valence-corrected chi connectivity index (χ4v) is 2.88. The minimum absolute atomic E-state index is 0.293. The van der Waals surface area contributed by atoms with E-state index in [9.17, 15) is 4.79 Å². The van der Waals surface area contributed by atoms with Gasteiger partial charge in [-0.25, -0.2) is 0 Å². The first kappa shape index (κ1) is 14.6. The third-order valence-corrected chi connectivity index (χ3v) is 3.86. The van der Waals surface area contributed by atoms with Gasteiger partial charge in [-0.1, -0.05) is 35.5 Å². The number of primary amides is 1. The molecule has 0 unspecified atom stereocenters. The molecule has 2 rings (SSSR count). The predicted octanol–water partition coefficient (Wildman–Crippen LogP) is 2.24. The van der Waals surface area contributed by atoms with Crippen molar-refractivity contribution in [1.29, 1.82) is 0 Å². The molecule has 0 saturated heterocycles. The topological polar surface area (TPSA) is 73.8 Å². The van der Waals surface area contributed by atoms with Gasteiger partial charge in [0.2, 0.25) is 5.91 Å². The largest absolute Gasteiger partial charge is 0.370 e. The number of benzene rings is 1. The number of nitrogens with two attached hydrogens (primary N) is 1. The van der Waals surface area contributed by atoms with Crippen molar-refractivity contribution >= 4 is 17.7 Å². The molecule has 0 aliphatic rings. The number of aryl methyl sites for hydroxylation is 1. The van der Waals surface area contributed by atoms with E-state index in [0.29, 0.717) is 12.2 Å². The van der Waals surface area contributed by atoms with Crippen LogP contribution in [0.1, 0.15) is 18.9 Å². The maximum Gasteiger partial charge on any atom is 0.218 e. The first-order valence-corrected chi connectivity index (χ1v) is 7.51. The minimum atomic E-state index is -0.293. The molecule has 5 nitrogen and oxygen atoms in total. The molecule has 0 bridgehead atoms. The van der Waals surface area contributed by atoms with Gasteiger partial charge >= 0.3 is 0 Å². The summed E-state index contributed by atoms with van der Waals surface area (Å²) in [5.74, 6) is 1.19. The Labute approximate surface area is 122 Å². The van der Waals surface area contributed by atoms with Gasteiger partial charge in [-0.15, -0.1) is 10.2 Å². The average molecular weight is 290 g/mol. The van der Waals surface area contributed by atoms with Gasteiger partial charge < -0.3 is 10.3 Å². The Morgan fingerprint density at radius 2 is 2.20 bits per heavy atom. The Bertz CT molecular complexity index is 609. The lowest BCUT2D eigenvalue weighted by atomic mass is 10.1. The standard InChI is InChI=1S/C14H18N4OS/c1-3-18-13(11-6-4-5-10(2)9-11)16-17-14(18)20-8-7-12(15)19/h4-6,9H,3,7-8H2,1-2H3,(H2,15,19). The molecule has 0 aliphatic heterocycles. The molecule has 6 heteroatoms. The molecule has 0 atom stereocenters. The molecule has 1 aromatic heterocycles. The number of nitrogens with zero attached hydrogens (tertiary/aromatic N) is 3. The summed E-state index contributed by atoms with van der Waals surface area (Å²) in [6.07, 6.45) is 0.348. The van der Waals surface area contributed by atoms with Crippen LogP contribution >= 0.6 is 11.8 Å². The molecule has 0 saturated carbocycles. The second kappa shape index (κ2) is 6.56. The van der Waals surface area contributed by atoms with E-state index in [4.69, 9.17) is 5.73 Å². The molecule has 0 radical (unpaired) electrons. The van der Waals surface area contributed by atoms with Gasteiger partial charge in [0, 0.05) is 24.3 Å². The summed E-state index contributed by atoms with van der Waals surface area (Å²) in [7, 11) is 0. The highest BCUT2D eigenvalue weighted by molar-refractivity contribution is 7.99. The van der Waals surface area contributed by atoms with Crippen molar-refractivity contribution in [2.24, 2.45) is 5.73 Å². The van der Waals surface area contributed by atoms with Crippen LogP contribution < -0.4 is 5.73 Å². The van der Waals surface area contributed by atoms with E-state index in [1.54, 1.807) is 0 Å². The van der Waals surface area contributed by atoms with E-state index in [-0.39, 0.29) is 5.91 Å². The van der Waals surface area contributed by atoms with Crippen molar-refractivity contribution in [3.05, 3.63) is 29.8 Å². The zero-order valence-corrected chi connectivity index (χ0v) is 12.5. The van der Waals surface area contributed by atoms with Crippen LogP contribution in [0.2, 0.25) is 0 Å². The van der Waals surface area contributed by atoms with Crippen molar-refractivity contribution in [2.45, 2.75) is 32.0 Å². The molecular formula is C14H18N4OS. The molecule has 1 aromatic carbocycles. The highest BCUT2D eigenvalue weighted by Gasteiger charge is 2.13. The summed E-state index contributed by atoms with van der Waals surface area (Å²) in [5, 5.41) is 9.31. The van der Waals surface area contributed by atoms with Gasteiger partial charge in [0.25, 0.3) is 0 Å². The lowest BCUT2D eigenvalue weighted by Crippen LogP contribution is -2.11. The van der Waals surface area contributed by atoms with E-state index in [1.165, 1.54) is 17.3 Å². The molecule has 2 N–H and O–H groups in total. The fourth-order valence-electron chi connectivity index (χ4n) is 1.92. The van der Waals surface area contributed by atoms with E-state index in [0.717, 1.165) is 23.1 Å². The third kappa shape index (κ3) is 3.39. The molecule has 0 fully saturated rings. The van der Waals surface area contributed by atoms with Gasteiger partial charge in [0.05, 0.1) is 0 Å². The number of aromatic nitrogens is 3. The van der Waals surface area contributed by atoms with Crippen LogP contribution in [0.4, 0.5) is 0 Å². The van der Waals surface area contributed by atoms with Crippen molar-refractivity contribution in [2.75, 3.05) is 5.75 Å². The molecule has 1 amide bonds. The van der Waals surface area contributed by atoms with Gasteiger partial charge in [0.15, 0.2) is 11.0 Å². The van der Waals surface area contributed by atoms with Crippen molar-refractivity contribution in [3.8, 4) is 11.4 Å². The normalized spacial score (nSPS) is 10.7. The number of carbonyl (C=O) groups excluding carboxylic acids is 1. The van der Waals surface area contributed by atoms with E-state index in [2.05, 4.69) is 40.7 Å². The zero-order valence-electron chi connectivity index (χ0n) is 11.7. The van der Waals surface area contributed by atoms with Gasteiger partial charge in [0.1, 0.15) is 0 Å². The summed E-state index contributed by atoms with van der Waals surface area (Å²) in [6, 6.07) is 8.19. The van der Waals surface area contributed by atoms with Crippen LogP contribution in [0, 0.1) is 6.92 Å². The second-order valence-electron chi connectivity index (χ2n) is 4.48. The summed E-state index contributed by atoms with van der Waals surface area (Å²) in [4.78, 5) is 10.8. The van der Waals surface area contributed by atoms with Crippen LogP contribution in [0.25, 0.3) is 11.4 Å². The maximum atomic E-state index is 10.8. The van der Waals surface area contributed by atoms with Gasteiger partial charge in [-0.05, 0) is 19.9 Å². The number of carbonyl (C=O) groups is 1. The van der Waals surface area contributed by atoms with E-state index < -0.39 is 0 Å². The monoisotopic (exact) mass is 290 g/mol. The quantitative estimate of drug-likeness (QED) is 0.828. The molecule has 20 heavy (non-hydrogen) atoms. The molecule has 106 valence electrons. The predicted molar refractivity (Wildman–Crippen MR) is 80.4 cm³/mol. The SMILES string of the molecule is CCn1c(SCCC(N)=O)nnc1-c1cccc(C)c1. The number of rotatable bonds is 6. The lowest BCUT2D eigenvalue weighted by Gasteiger charge is -2.07. The zero-order chi connectivity index (χ0) is 14.5. The summed E-state index contributed by atoms with van der Waals surface area (Å²) in [6.45, 7) is 4.90. The van der Waals surface area contributed by atoms with Gasteiger partial charge in [-0.3, -0.25) is 4.79 Å². The third-order valence-electron chi connectivity index (χ3n) is 2.89. The maximum absolute atomic E-state index is 10.8. The molecule has 1 heterocycles. The van der Waals surface area contributed by atoms with Crippen LogP contribution in [-0.2, 0) is 11.3 Å². The second-order valence-corrected chi connectivity index (χ2v) is 5.55. The Morgan fingerprint density at radius 3 is 2.85 bits per heavy atom. The molecular weight excluding hydrogens is 272 g/mol. The van der Waals surface area contributed by atoms with Crippen molar-refractivity contribution < 1.29 is 4.79 Å².